The molecule has 1 saturated carbocycles. The number of fused-ring (bicyclic) bond motifs is 1. The van der Waals surface area contributed by atoms with E-state index in [2.05, 4.69) is 37.3 Å². The quantitative estimate of drug-likeness (QED) is 0.656. The number of aromatic nitrogens is 3. The zero-order valence-corrected chi connectivity index (χ0v) is 15.4. The monoisotopic (exact) mass is 332 g/mol. The van der Waals surface area contributed by atoms with Crippen LogP contribution in [0.3, 0.4) is 0 Å². The molecule has 2 N–H and O–H groups in total. The van der Waals surface area contributed by atoms with Gasteiger partial charge in [0.15, 0.2) is 5.96 Å². The van der Waals surface area contributed by atoms with Crippen molar-refractivity contribution >= 4 is 5.96 Å². The Balaban J connectivity index is 1.47. The highest BCUT2D eigenvalue weighted by Gasteiger charge is 2.23. The van der Waals surface area contributed by atoms with Crippen LogP contribution in [-0.4, -0.2) is 40.4 Å². The maximum Gasteiger partial charge on any atom is 0.191 e. The number of rotatable bonds is 4. The first-order valence-electron chi connectivity index (χ1n) is 9.55. The Morgan fingerprint density at radius 1 is 1.25 bits per heavy atom. The third-order valence-electron chi connectivity index (χ3n) is 5.71. The molecular weight excluding hydrogens is 300 g/mol. The molecule has 1 aromatic heterocycles. The second kappa shape index (κ2) is 7.99. The first-order chi connectivity index (χ1) is 11.7. The zero-order valence-electron chi connectivity index (χ0n) is 15.4. The molecule has 0 aromatic carbocycles. The minimum Gasteiger partial charge on any atom is -0.356 e. The van der Waals surface area contributed by atoms with Gasteiger partial charge < -0.3 is 15.2 Å². The predicted molar refractivity (Wildman–Crippen MR) is 97.1 cm³/mol. The molecule has 3 rings (SSSR count). The summed E-state index contributed by atoms with van der Waals surface area (Å²) in [5.74, 6) is 4.62. The van der Waals surface area contributed by atoms with Crippen molar-refractivity contribution in [3.8, 4) is 0 Å². The van der Waals surface area contributed by atoms with E-state index in [4.69, 9.17) is 0 Å². The third kappa shape index (κ3) is 4.08. The molecule has 0 radical (unpaired) electrons. The van der Waals surface area contributed by atoms with Gasteiger partial charge in [0.05, 0.1) is 0 Å². The third-order valence-corrected chi connectivity index (χ3v) is 5.71. The summed E-state index contributed by atoms with van der Waals surface area (Å²) in [5, 5.41) is 15.6. The summed E-state index contributed by atoms with van der Waals surface area (Å²) in [4.78, 5) is 4.43. The lowest BCUT2D eigenvalue weighted by Gasteiger charge is -2.31. The second-order valence-electron chi connectivity index (χ2n) is 7.41. The van der Waals surface area contributed by atoms with Crippen LogP contribution >= 0.6 is 0 Å². The largest absolute Gasteiger partial charge is 0.356 e. The normalized spacial score (nSPS) is 27.6. The Kier molecular flexibility index (Phi) is 5.74. The van der Waals surface area contributed by atoms with Crippen LogP contribution in [0.15, 0.2) is 4.99 Å². The van der Waals surface area contributed by atoms with Crippen LogP contribution in [0.1, 0.15) is 57.1 Å². The number of guanidine groups is 1. The summed E-state index contributed by atoms with van der Waals surface area (Å²) in [6.45, 7) is 6.32. The summed E-state index contributed by atoms with van der Waals surface area (Å²) < 4.78 is 2.26. The van der Waals surface area contributed by atoms with Crippen molar-refractivity contribution in [2.24, 2.45) is 16.8 Å². The van der Waals surface area contributed by atoms with E-state index in [0.29, 0.717) is 12.0 Å². The van der Waals surface area contributed by atoms with Crippen molar-refractivity contribution in [3.05, 3.63) is 11.6 Å². The van der Waals surface area contributed by atoms with Gasteiger partial charge in [0, 0.05) is 32.6 Å². The SMILES string of the molecule is CCC1CCCC(NC(=NC)NCC2CCc3nnc(C)n3C2)C1. The van der Waals surface area contributed by atoms with Gasteiger partial charge in [-0.1, -0.05) is 26.2 Å². The van der Waals surface area contributed by atoms with Crippen molar-refractivity contribution in [2.45, 2.75) is 71.4 Å². The highest BCUT2D eigenvalue weighted by atomic mass is 15.3. The average Bonchev–Trinajstić information content (AvgIpc) is 2.99. The molecule has 24 heavy (non-hydrogen) atoms. The van der Waals surface area contributed by atoms with Crippen molar-refractivity contribution in [3.63, 3.8) is 0 Å². The van der Waals surface area contributed by atoms with Crippen LogP contribution in [0.5, 0.6) is 0 Å². The van der Waals surface area contributed by atoms with Crippen LogP contribution in [-0.2, 0) is 13.0 Å². The van der Waals surface area contributed by atoms with Gasteiger partial charge >= 0.3 is 0 Å². The van der Waals surface area contributed by atoms with Crippen molar-refractivity contribution in [1.82, 2.24) is 25.4 Å². The molecule has 3 unspecified atom stereocenters. The first kappa shape index (κ1) is 17.2. The molecule has 0 amide bonds. The fourth-order valence-electron chi connectivity index (χ4n) is 4.12. The van der Waals surface area contributed by atoms with E-state index in [9.17, 15) is 0 Å². The van der Waals surface area contributed by atoms with Gasteiger partial charge in [-0.2, -0.15) is 0 Å². The van der Waals surface area contributed by atoms with Crippen molar-refractivity contribution in [1.29, 1.82) is 0 Å². The molecule has 6 nitrogen and oxygen atoms in total. The Hall–Kier alpha value is -1.59. The van der Waals surface area contributed by atoms with Crippen LogP contribution in [0.25, 0.3) is 0 Å². The standard InChI is InChI=1S/C18H32N6/c1-4-14-6-5-7-16(10-14)21-18(19-3)20-11-15-8-9-17-23-22-13(2)24(17)12-15/h14-16H,4-12H2,1-3H3,(H2,19,20,21). The van der Waals surface area contributed by atoms with E-state index < -0.39 is 0 Å². The van der Waals surface area contributed by atoms with Gasteiger partial charge in [0.25, 0.3) is 0 Å². The summed E-state index contributed by atoms with van der Waals surface area (Å²) in [7, 11) is 1.87. The number of hydrogen-bond donors (Lipinski definition) is 2. The Morgan fingerprint density at radius 2 is 2.12 bits per heavy atom. The summed E-state index contributed by atoms with van der Waals surface area (Å²) in [5.41, 5.74) is 0. The number of aliphatic imine (C=N–C) groups is 1. The van der Waals surface area contributed by atoms with E-state index >= 15 is 0 Å². The van der Waals surface area contributed by atoms with E-state index in [-0.39, 0.29) is 0 Å². The van der Waals surface area contributed by atoms with Crippen molar-refractivity contribution < 1.29 is 0 Å². The van der Waals surface area contributed by atoms with Gasteiger partial charge in [-0.25, -0.2) is 0 Å². The molecule has 0 bridgehead atoms. The smallest absolute Gasteiger partial charge is 0.191 e. The molecule has 2 aliphatic rings. The van der Waals surface area contributed by atoms with Gasteiger partial charge in [0.1, 0.15) is 11.6 Å². The zero-order chi connectivity index (χ0) is 16.9. The maximum atomic E-state index is 4.43. The second-order valence-corrected chi connectivity index (χ2v) is 7.41. The summed E-state index contributed by atoms with van der Waals surface area (Å²) in [6.07, 6.45) is 8.78. The lowest BCUT2D eigenvalue weighted by molar-refractivity contribution is 0.297. The fourth-order valence-corrected chi connectivity index (χ4v) is 4.12. The predicted octanol–water partition coefficient (Wildman–Crippen LogP) is 2.28. The van der Waals surface area contributed by atoms with E-state index in [0.717, 1.165) is 43.0 Å². The summed E-state index contributed by atoms with van der Waals surface area (Å²) >= 11 is 0. The molecule has 0 saturated heterocycles. The molecule has 1 aromatic rings. The first-order valence-corrected chi connectivity index (χ1v) is 9.55. The highest BCUT2D eigenvalue weighted by molar-refractivity contribution is 5.79. The molecule has 3 atom stereocenters. The average molecular weight is 332 g/mol. The van der Waals surface area contributed by atoms with Crippen LogP contribution in [0.2, 0.25) is 0 Å². The number of nitrogens with one attached hydrogen (secondary N) is 2. The van der Waals surface area contributed by atoms with Crippen LogP contribution in [0, 0.1) is 18.8 Å². The molecule has 6 heteroatoms. The Bertz CT molecular complexity index is 564. The molecule has 1 fully saturated rings. The fraction of sp³-hybridized carbons (Fsp3) is 0.833. The number of nitrogens with zero attached hydrogens (tertiary/aromatic N) is 4. The maximum absolute atomic E-state index is 4.43. The number of aryl methyl sites for hydroxylation is 2. The minimum atomic E-state index is 0.577. The Labute approximate surface area is 145 Å². The molecular formula is C18H32N6. The number of hydrogen-bond acceptors (Lipinski definition) is 3. The lowest BCUT2D eigenvalue weighted by atomic mass is 9.84. The molecule has 1 aliphatic carbocycles. The Morgan fingerprint density at radius 3 is 2.92 bits per heavy atom. The molecule has 2 heterocycles. The van der Waals surface area contributed by atoms with Gasteiger partial charge in [-0.05, 0) is 38.0 Å². The highest BCUT2D eigenvalue weighted by Crippen LogP contribution is 2.26. The van der Waals surface area contributed by atoms with Crippen molar-refractivity contribution in [2.75, 3.05) is 13.6 Å². The van der Waals surface area contributed by atoms with E-state index in [1.165, 1.54) is 38.5 Å². The molecule has 0 spiro atoms. The lowest BCUT2D eigenvalue weighted by Crippen LogP contribution is -2.47. The molecule has 1 aliphatic heterocycles. The van der Waals surface area contributed by atoms with Gasteiger partial charge in [-0.3, -0.25) is 4.99 Å². The van der Waals surface area contributed by atoms with Crippen LogP contribution in [0.4, 0.5) is 0 Å². The summed E-state index contributed by atoms with van der Waals surface area (Å²) in [6, 6.07) is 0.577. The van der Waals surface area contributed by atoms with E-state index in [1.807, 2.05) is 14.0 Å². The molecule has 134 valence electrons. The minimum absolute atomic E-state index is 0.577. The van der Waals surface area contributed by atoms with Gasteiger partial charge in [0.2, 0.25) is 0 Å². The van der Waals surface area contributed by atoms with E-state index in [1.54, 1.807) is 0 Å². The van der Waals surface area contributed by atoms with Crippen LogP contribution < -0.4 is 10.6 Å². The van der Waals surface area contributed by atoms with Gasteiger partial charge in [-0.15, -0.1) is 10.2 Å². The topological polar surface area (TPSA) is 67.1 Å².